The average molecular weight is 284 g/mol. The molecule has 0 saturated carbocycles. The second kappa shape index (κ2) is 4.63. The molecule has 1 saturated heterocycles. The molecule has 1 unspecified atom stereocenters. The molecule has 0 aliphatic carbocycles. The van der Waals surface area contributed by atoms with E-state index >= 15 is 0 Å². The van der Waals surface area contributed by atoms with E-state index in [9.17, 15) is 4.79 Å². The Hall–Kier alpha value is -1.81. The highest BCUT2D eigenvalue weighted by Crippen LogP contribution is 2.39. The van der Waals surface area contributed by atoms with Gasteiger partial charge in [-0.15, -0.1) is 11.3 Å². The zero-order chi connectivity index (χ0) is 13.5. The fourth-order valence-corrected chi connectivity index (χ4v) is 3.98. The number of benzene rings is 1. The lowest BCUT2D eigenvalue weighted by Crippen LogP contribution is -2.48. The molecule has 0 spiro atoms. The molecular weight excluding hydrogens is 268 g/mol. The van der Waals surface area contributed by atoms with Crippen LogP contribution in [0.4, 0.5) is 11.4 Å². The third-order valence-electron chi connectivity index (χ3n) is 4.23. The van der Waals surface area contributed by atoms with Gasteiger partial charge in [-0.25, -0.2) is 0 Å². The zero-order valence-electron chi connectivity index (χ0n) is 11.2. The minimum atomic E-state index is 0.138. The number of hydrogen-bond acceptors (Lipinski definition) is 3. The average Bonchev–Trinajstić information content (AvgIpc) is 3.16. The lowest BCUT2D eigenvalue weighted by Gasteiger charge is -2.40. The maximum absolute atomic E-state index is 12.7. The molecule has 1 atom stereocenters. The van der Waals surface area contributed by atoms with E-state index in [1.807, 2.05) is 28.5 Å². The van der Waals surface area contributed by atoms with Crippen molar-refractivity contribution in [2.45, 2.75) is 18.9 Å². The molecule has 1 aromatic carbocycles. The number of thiophene rings is 1. The molecule has 0 radical (unpaired) electrons. The number of para-hydroxylation sites is 2. The second-order valence-electron chi connectivity index (χ2n) is 5.37. The van der Waals surface area contributed by atoms with Gasteiger partial charge in [-0.1, -0.05) is 18.2 Å². The van der Waals surface area contributed by atoms with Gasteiger partial charge in [0.15, 0.2) is 0 Å². The monoisotopic (exact) mass is 284 g/mol. The Labute approximate surface area is 122 Å². The Morgan fingerprint density at radius 1 is 1.15 bits per heavy atom. The standard InChI is InChI=1S/C16H16N2OS/c19-16(15-8-4-10-20-15)18-11-12-5-3-9-17(12)13-6-1-2-7-14(13)18/h1-2,4,6-8,10,12H,3,5,9,11H2. The van der Waals surface area contributed by atoms with Gasteiger partial charge in [-0.3, -0.25) is 4.79 Å². The summed E-state index contributed by atoms with van der Waals surface area (Å²) in [5.41, 5.74) is 2.27. The van der Waals surface area contributed by atoms with Crippen LogP contribution in [0.2, 0.25) is 0 Å². The molecule has 0 bridgehead atoms. The summed E-state index contributed by atoms with van der Waals surface area (Å²) >= 11 is 1.52. The molecule has 2 aliphatic rings. The smallest absolute Gasteiger partial charge is 0.268 e. The van der Waals surface area contributed by atoms with Gasteiger partial charge in [-0.2, -0.15) is 0 Å². The van der Waals surface area contributed by atoms with E-state index in [0.29, 0.717) is 6.04 Å². The molecule has 1 fully saturated rings. The minimum Gasteiger partial charge on any atom is -0.365 e. The summed E-state index contributed by atoms with van der Waals surface area (Å²) in [6.07, 6.45) is 2.41. The highest BCUT2D eigenvalue weighted by molar-refractivity contribution is 7.12. The van der Waals surface area contributed by atoms with Crippen LogP contribution in [0.5, 0.6) is 0 Å². The van der Waals surface area contributed by atoms with Crippen LogP contribution < -0.4 is 9.80 Å². The lowest BCUT2D eigenvalue weighted by molar-refractivity contribution is 0.0988. The van der Waals surface area contributed by atoms with Crippen molar-refractivity contribution in [1.82, 2.24) is 0 Å². The molecular formula is C16H16N2OS. The quantitative estimate of drug-likeness (QED) is 0.801. The van der Waals surface area contributed by atoms with Gasteiger partial charge >= 0.3 is 0 Å². The van der Waals surface area contributed by atoms with Gasteiger partial charge in [0.2, 0.25) is 0 Å². The van der Waals surface area contributed by atoms with Crippen LogP contribution in [0.15, 0.2) is 41.8 Å². The number of nitrogens with zero attached hydrogens (tertiary/aromatic N) is 2. The van der Waals surface area contributed by atoms with Gasteiger partial charge in [0, 0.05) is 19.1 Å². The Balaban J connectivity index is 1.77. The summed E-state index contributed by atoms with van der Waals surface area (Å²) in [4.78, 5) is 18.0. The molecule has 3 nitrogen and oxygen atoms in total. The Morgan fingerprint density at radius 3 is 2.80 bits per heavy atom. The van der Waals surface area contributed by atoms with Gasteiger partial charge in [0.05, 0.1) is 16.3 Å². The van der Waals surface area contributed by atoms with Crippen LogP contribution in [-0.2, 0) is 0 Å². The molecule has 2 aromatic rings. The first-order valence-electron chi connectivity index (χ1n) is 7.05. The molecule has 3 heterocycles. The summed E-state index contributed by atoms with van der Waals surface area (Å²) in [5, 5.41) is 1.96. The fraction of sp³-hybridized carbons (Fsp3) is 0.312. The van der Waals surface area contributed by atoms with E-state index < -0.39 is 0 Å². The molecule has 0 N–H and O–H groups in total. The van der Waals surface area contributed by atoms with E-state index in [2.05, 4.69) is 23.1 Å². The Kier molecular flexibility index (Phi) is 2.77. The van der Waals surface area contributed by atoms with Crippen molar-refractivity contribution >= 4 is 28.6 Å². The molecule has 1 aromatic heterocycles. The van der Waals surface area contributed by atoms with Gasteiger partial charge in [0.25, 0.3) is 5.91 Å². The van der Waals surface area contributed by atoms with Crippen molar-refractivity contribution in [3.05, 3.63) is 46.7 Å². The van der Waals surface area contributed by atoms with Gasteiger partial charge in [-0.05, 0) is 36.4 Å². The van der Waals surface area contributed by atoms with E-state index in [1.165, 1.54) is 29.9 Å². The van der Waals surface area contributed by atoms with Crippen LogP contribution in [-0.4, -0.2) is 25.0 Å². The largest absolute Gasteiger partial charge is 0.365 e. The highest BCUT2D eigenvalue weighted by Gasteiger charge is 2.36. The lowest BCUT2D eigenvalue weighted by atomic mass is 10.1. The number of hydrogen-bond donors (Lipinski definition) is 0. The van der Waals surface area contributed by atoms with E-state index in [-0.39, 0.29) is 5.91 Å². The highest BCUT2D eigenvalue weighted by atomic mass is 32.1. The predicted octanol–water partition coefficient (Wildman–Crippen LogP) is 3.38. The van der Waals surface area contributed by atoms with Crippen molar-refractivity contribution in [1.29, 1.82) is 0 Å². The van der Waals surface area contributed by atoms with E-state index in [1.54, 1.807) is 0 Å². The molecule has 102 valence electrons. The molecule has 4 rings (SSSR count). The number of anilines is 2. The van der Waals surface area contributed by atoms with E-state index in [0.717, 1.165) is 23.7 Å². The first-order valence-corrected chi connectivity index (χ1v) is 7.93. The zero-order valence-corrected chi connectivity index (χ0v) is 12.0. The summed E-state index contributed by atoms with van der Waals surface area (Å²) in [5.74, 6) is 0.138. The topological polar surface area (TPSA) is 23.6 Å². The maximum atomic E-state index is 12.7. The summed E-state index contributed by atoms with van der Waals surface area (Å²) in [6.45, 7) is 1.93. The van der Waals surface area contributed by atoms with Gasteiger partial charge in [0.1, 0.15) is 0 Å². The Morgan fingerprint density at radius 2 is 2.00 bits per heavy atom. The Bertz CT molecular complexity index is 638. The van der Waals surface area contributed by atoms with Crippen molar-refractivity contribution in [2.75, 3.05) is 22.9 Å². The third-order valence-corrected chi connectivity index (χ3v) is 5.09. The van der Waals surface area contributed by atoms with E-state index in [4.69, 9.17) is 0 Å². The number of rotatable bonds is 1. The summed E-state index contributed by atoms with van der Waals surface area (Å²) in [7, 11) is 0. The van der Waals surface area contributed by atoms with Crippen molar-refractivity contribution in [2.24, 2.45) is 0 Å². The van der Waals surface area contributed by atoms with Crippen molar-refractivity contribution in [3.63, 3.8) is 0 Å². The number of carbonyl (C=O) groups excluding carboxylic acids is 1. The second-order valence-corrected chi connectivity index (χ2v) is 6.32. The van der Waals surface area contributed by atoms with Gasteiger partial charge < -0.3 is 9.80 Å². The minimum absolute atomic E-state index is 0.138. The number of fused-ring (bicyclic) bond motifs is 3. The first kappa shape index (κ1) is 12.0. The number of amides is 1. The molecule has 4 heteroatoms. The summed E-state index contributed by atoms with van der Waals surface area (Å²) < 4.78 is 0. The predicted molar refractivity (Wildman–Crippen MR) is 82.8 cm³/mol. The third kappa shape index (κ3) is 1.75. The number of carbonyl (C=O) groups is 1. The van der Waals surface area contributed by atoms with Crippen LogP contribution in [0.3, 0.4) is 0 Å². The fourth-order valence-electron chi connectivity index (χ4n) is 3.31. The van der Waals surface area contributed by atoms with Crippen LogP contribution >= 0.6 is 11.3 Å². The normalized spacial score (nSPS) is 20.7. The maximum Gasteiger partial charge on any atom is 0.268 e. The molecule has 1 amide bonds. The van der Waals surface area contributed by atoms with Crippen LogP contribution in [0, 0.1) is 0 Å². The van der Waals surface area contributed by atoms with Crippen molar-refractivity contribution < 1.29 is 4.79 Å². The summed E-state index contributed by atoms with van der Waals surface area (Å²) in [6, 6.07) is 12.6. The molecule has 2 aliphatic heterocycles. The molecule has 20 heavy (non-hydrogen) atoms. The SMILES string of the molecule is O=C(c1cccs1)N1CC2CCCN2c2ccccc21. The van der Waals surface area contributed by atoms with Crippen molar-refractivity contribution in [3.8, 4) is 0 Å². The first-order chi connectivity index (χ1) is 9.84. The van der Waals surface area contributed by atoms with Crippen LogP contribution in [0.1, 0.15) is 22.5 Å². The van der Waals surface area contributed by atoms with Crippen LogP contribution in [0.25, 0.3) is 0 Å².